The first-order chi connectivity index (χ1) is 9.16. The van der Waals surface area contributed by atoms with E-state index in [0.717, 1.165) is 23.8 Å². The van der Waals surface area contributed by atoms with Crippen molar-refractivity contribution in [2.24, 2.45) is 0 Å². The normalized spacial score (nSPS) is 12.4. The van der Waals surface area contributed by atoms with Crippen molar-refractivity contribution in [3.05, 3.63) is 71.3 Å². The van der Waals surface area contributed by atoms with Crippen molar-refractivity contribution < 1.29 is 13.9 Å². The third kappa shape index (κ3) is 3.84. The van der Waals surface area contributed by atoms with Crippen LogP contribution in [0.15, 0.2) is 48.5 Å². The fourth-order valence-electron chi connectivity index (χ4n) is 1.82. The van der Waals surface area contributed by atoms with Gasteiger partial charge in [0.25, 0.3) is 0 Å². The summed E-state index contributed by atoms with van der Waals surface area (Å²) in [5.41, 5.74) is 1.04. The van der Waals surface area contributed by atoms with E-state index in [4.69, 9.17) is 0 Å². The maximum absolute atomic E-state index is 13.3. The quantitative estimate of drug-likeness (QED) is 0.869. The molecule has 0 aliphatic rings. The standard InChI is InChI=1S/C15H15F2NO/c16-13-6-7-14(17)12(8-13)9-18-10-15(19)11-4-2-1-3-5-11/h1-8,15,18-19H,9-10H2. The summed E-state index contributed by atoms with van der Waals surface area (Å²) in [6.07, 6.45) is -0.669. The molecule has 0 saturated heterocycles. The smallest absolute Gasteiger partial charge is 0.127 e. The minimum atomic E-state index is -0.669. The molecule has 2 aromatic rings. The topological polar surface area (TPSA) is 32.3 Å². The van der Waals surface area contributed by atoms with Crippen LogP contribution in [0.4, 0.5) is 8.78 Å². The molecule has 0 radical (unpaired) electrons. The number of rotatable bonds is 5. The lowest BCUT2D eigenvalue weighted by molar-refractivity contribution is 0.174. The molecular formula is C15H15F2NO. The summed E-state index contributed by atoms with van der Waals surface area (Å²) >= 11 is 0. The number of aliphatic hydroxyl groups is 1. The molecule has 0 aliphatic heterocycles. The highest BCUT2D eigenvalue weighted by Crippen LogP contribution is 2.12. The Labute approximate surface area is 110 Å². The van der Waals surface area contributed by atoms with Crippen LogP contribution in [-0.2, 0) is 6.54 Å². The second kappa shape index (κ2) is 6.41. The summed E-state index contributed by atoms with van der Waals surface area (Å²) in [6.45, 7) is 0.452. The lowest BCUT2D eigenvalue weighted by Gasteiger charge is -2.12. The number of hydrogen-bond donors (Lipinski definition) is 2. The second-order valence-corrected chi connectivity index (χ2v) is 4.29. The van der Waals surface area contributed by atoms with Crippen LogP contribution in [0.1, 0.15) is 17.2 Å². The third-order valence-electron chi connectivity index (χ3n) is 2.85. The number of halogens is 2. The highest BCUT2D eigenvalue weighted by atomic mass is 19.1. The van der Waals surface area contributed by atoms with Gasteiger partial charge in [-0.2, -0.15) is 0 Å². The minimum absolute atomic E-state index is 0.174. The van der Waals surface area contributed by atoms with E-state index in [9.17, 15) is 13.9 Å². The Morgan fingerprint density at radius 1 is 1.05 bits per heavy atom. The molecule has 2 nitrogen and oxygen atoms in total. The fourth-order valence-corrected chi connectivity index (χ4v) is 1.82. The van der Waals surface area contributed by atoms with Gasteiger partial charge >= 0.3 is 0 Å². The molecule has 0 amide bonds. The molecule has 1 unspecified atom stereocenters. The molecule has 2 rings (SSSR count). The molecule has 1 atom stereocenters. The van der Waals surface area contributed by atoms with E-state index in [1.165, 1.54) is 0 Å². The van der Waals surface area contributed by atoms with Gasteiger partial charge in [0, 0.05) is 18.7 Å². The molecule has 4 heteroatoms. The maximum Gasteiger partial charge on any atom is 0.127 e. The fraction of sp³-hybridized carbons (Fsp3) is 0.200. The Bertz CT molecular complexity index is 531. The minimum Gasteiger partial charge on any atom is -0.387 e. The second-order valence-electron chi connectivity index (χ2n) is 4.29. The lowest BCUT2D eigenvalue weighted by atomic mass is 10.1. The summed E-state index contributed by atoms with van der Waals surface area (Å²) in [7, 11) is 0. The molecule has 0 bridgehead atoms. The van der Waals surface area contributed by atoms with Crippen LogP contribution in [0.5, 0.6) is 0 Å². The van der Waals surface area contributed by atoms with Crippen molar-refractivity contribution >= 4 is 0 Å². The van der Waals surface area contributed by atoms with Crippen molar-refractivity contribution in [2.75, 3.05) is 6.54 Å². The molecule has 0 saturated carbocycles. The molecule has 0 aromatic heterocycles. The first-order valence-electron chi connectivity index (χ1n) is 6.04. The van der Waals surface area contributed by atoms with Crippen LogP contribution in [-0.4, -0.2) is 11.7 Å². The van der Waals surface area contributed by atoms with Gasteiger partial charge in [0.05, 0.1) is 6.10 Å². The summed E-state index contributed by atoms with van der Waals surface area (Å²) < 4.78 is 26.3. The monoisotopic (exact) mass is 263 g/mol. The highest BCUT2D eigenvalue weighted by Gasteiger charge is 2.08. The van der Waals surface area contributed by atoms with Crippen molar-refractivity contribution in [1.82, 2.24) is 5.32 Å². The van der Waals surface area contributed by atoms with Gasteiger partial charge < -0.3 is 10.4 Å². The van der Waals surface area contributed by atoms with Gasteiger partial charge in [0.1, 0.15) is 11.6 Å². The maximum atomic E-state index is 13.3. The number of nitrogens with one attached hydrogen (secondary N) is 1. The van der Waals surface area contributed by atoms with Crippen LogP contribution >= 0.6 is 0 Å². The largest absolute Gasteiger partial charge is 0.387 e. The van der Waals surface area contributed by atoms with Crippen molar-refractivity contribution in [3.8, 4) is 0 Å². The van der Waals surface area contributed by atoms with Crippen LogP contribution in [0.25, 0.3) is 0 Å². The zero-order valence-corrected chi connectivity index (χ0v) is 10.3. The molecule has 0 aliphatic carbocycles. The molecule has 19 heavy (non-hydrogen) atoms. The Balaban J connectivity index is 1.88. The predicted octanol–water partition coefficient (Wildman–Crippen LogP) is 2.79. The zero-order valence-electron chi connectivity index (χ0n) is 10.3. The lowest BCUT2D eigenvalue weighted by Crippen LogP contribution is -2.21. The van der Waals surface area contributed by atoms with Gasteiger partial charge in [0.2, 0.25) is 0 Å². The average molecular weight is 263 g/mol. The van der Waals surface area contributed by atoms with E-state index in [0.29, 0.717) is 0 Å². The van der Waals surface area contributed by atoms with E-state index in [1.807, 2.05) is 30.3 Å². The molecule has 2 N–H and O–H groups in total. The molecular weight excluding hydrogens is 248 g/mol. The van der Waals surface area contributed by atoms with Gasteiger partial charge in [-0.15, -0.1) is 0 Å². The van der Waals surface area contributed by atoms with Crippen molar-refractivity contribution in [1.29, 1.82) is 0 Å². The Morgan fingerprint density at radius 3 is 2.53 bits per heavy atom. The van der Waals surface area contributed by atoms with E-state index in [-0.39, 0.29) is 18.7 Å². The summed E-state index contributed by atoms with van der Waals surface area (Å²) in [5, 5.41) is 12.8. The van der Waals surface area contributed by atoms with Crippen LogP contribution < -0.4 is 5.32 Å². The average Bonchev–Trinajstić information content (AvgIpc) is 2.43. The van der Waals surface area contributed by atoms with Crippen LogP contribution in [0.3, 0.4) is 0 Å². The van der Waals surface area contributed by atoms with Gasteiger partial charge in [-0.25, -0.2) is 8.78 Å². The van der Waals surface area contributed by atoms with Gasteiger partial charge in [-0.3, -0.25) is 0 Å². The summed E-state index contributed by atoms with van der Waals surface area (Å²) in [6, 6.07) is 12.5. The predicted molar refractivity (Wildman–Crippen MR) is 69.5 cm³/mol. The van der Waals surface area contributed by atoms with Crippen molar-refractivity contribution in [2.45, 2.75) is 12.6 Å². The molecule has 0 fully saturated rings. The Hall–Kier alpha value is -1.78. The van der Waals surface area contributed by atoms with E-state index in [2.05, 4.69) is 5.32 Å². The number of benzene rings is 2. The van der Waals surface area contributed by atoms with Crippen LogP contribution in [0, 0.1) is 11.6 Å². The number of hydrogen-bond acceptors (Lipinski definition) is 2. The molecule has 2 aromatic carbocycles. The van der Waals surface area contributed by atoms with E-state index < -0.39 is 17.7 Å². The van der Waals surface area contributed by atoms with Crippen LogP contribution in [0.2, 0.25) is 0 Å². The van der Waals surface area contributed by atoms with Gasteiger partial charge in [-0.05, 0) is 23.8 Å². The first-order valence-corrected chi connectivity index (χ1v) is 6.04. The SMILES string of the molecule is OC(CNCc1cc(F)ccc1F)c1ccccc1. The Kier molecular flexibility index (Phi) is 4.60. The Morgan fingerprint density at radius 2 is 1.79 bits per heavy atom. The highest BCUT2D eigenvalue weighted by molar-refractivity contribution is 5.19. The molecule has 0 heterocycles. The van der Waals surface area contributed by atoms with E-state index in [1.54, 1.807) is 0 Å². The summed E-state index contributed by atoms with van der Waals surface area (Å²) in [4.78, 5) is 0. The summed E-state index contributed by atoms with van der Waals surface area (Å²) in [5.74, 6) is -0.926. The van der Waals surface area contributed by atoms with Gasteiger partial charge in [0.15, 0.2) is 0 Å². The van der Waals surface area contributed by atoms with Crippen molar-refractivity contribution in [3.63, 3.8) is 0 Å². The zero-order chi connectivity index (χ0) is 13.7. The third-order valence-corrected chi connectivity index (χ3v) is 2.85. The van der Waals surface area contributed by atoms with E-state index >= 15 is 0 Å². The molecule has 100 valence electrons. The molecule has 0 spiro atoms. The number of aliphatic hydroxyl groups excluding tert-OH is 1. The first kappa shape index (κ1) is 13.6. The van der Waals surface area contributed by atoms with Gasteiger partial charge in [-0.1, -0.05) is 30.3 Å².